The fraction of sp³-hybridized carbons (Fsp3) is 0.312. The molecule has 3 rings (SSSR count). The molecule has 11 heteroatoms. The third-order valence-electron chi connectivity index (χ3n) is 3.68. The maximum absolute atomic E-state index is 14.1. The third kappa shape index (κ3) is 4.26. The zero-order chi connectivity index (χ0) is 19.4. The number of aliphatic hydroxyl groups is 1. The van der Waals surface area contributed by atoms with Crippen LogP contribution in [0.25, 0.3) is 11.0 Å². The van der Waals surface area contributed by atoms with Gasteiger partial charge in [-0.15, -0.1) is 5.10 Å². The number of aromatic amines is 1. The fourth-order valence-corrected chi connectivity index (χ4v) is 2.45. The van der Waals surface area contributed by atoms with E-state index in [0.717, 1.165) is 16.8 Å². The van der Waals surface area contributed by atoms with Gasteiger partial charge in [-0.3, -0.25) is 14.5 Å². The lowest BCUT2D eigenvalue weighted by atomic mass is 10.2. The van der Waals surface area contributed by atoms with Crippen molar-refractivity contribution in [3.63, 3.8) is 0 Å². The highest BCUT2D eigenvalue weighted by molar-refractivity contribution is 5.74. The highest BCUT2D eigenvalue weighted by Crippen LogP contribution is 2.14. The number of nitrogens with one attached hydrogen (secondary N) is 2. The number of aliphatic hydroxyl groups excluding tert-OH is 1. The van der Waals surface area contributed by atoms with E-state index >= 15 is 0 Å². The molecule has 0 aliphatic heterocycles. The van der Waals surface area contributed by atoms with Gasteiger partial charge >= 0.3 is 0 Å². The number of ether oxygens (including phenoxy) is 1. The van der Waals surface area contributed by atoms with E-state index in [0.29, 0.717) is 5.56 Å². The van der Waals surface area contributed by atoms with Crippen LogP contribution in [0.15, 0.2) is 23.0 Å². The summed E-state index contributed by atoms with van der Waals surface area (Å²) in [4.78, 5) is 18.7. The van der Waals surface area contributed by atoms with Crippen molar-refractivity contribution >= 4 is 17.0 Å². The molecule has 0 saturated heterocycles. The first-order chi connectivity index (χ1) is 13.0. The lowest BCUT2D eigenvalue weighted by Crippen LogP contribution is -2.18. The minimum Gasteiger partial charge on any atom is -0.394 e. The molecule has 0 amide bonds. The molecule has 1 aromatic carbocycles. The number of halogens is 3. The van der Waals surface area contributed by atoms with E-state index in [1.807, 2.05) is 0 Å². The predicted octanol–water partition coefficient (Wildman–Crippen LogP) is 1.16. The zero-order valence-corrected chi connectivity index (χ0v) is 14.0. The van der Waals surface area contributed by atoms with Gasteiger partial charge in [0.1, 0.15) is 0 Å². The Labute approximate surface area is 150 Å². The summed E-state index contributed by atoms with van der Waals surface area (Å²) in [5, 5.41) is 15.0. The van der Waals surface area contributed by atoms with Crippen molar-refractivity contribution < 1.29 is 23.0 Å². The van der Waals surface area contributed by atoms with E-state index < -0.39 is 23.1 Å². The summed E-state index contributed by atoms with van der Waals surface area (Å²) in [6.45, 7) is 0.243. The van der Waals surface area contributed by atoms with Crippen molar-refractivity contribution in [1.29, 1.82) is 0 Å². The second-order valence-electron chi connectivity index (χ2n) is 5.56. The third-order valence-corrected chi connectivity index (χ3v) is 3.68. The number of hydrogen-bond donors (Lipinski definition) is 3. The molecule has 2 aromatic heterocycles. The Morgan fingerprint density at radius 1 is 1.22 bits per heavy atom. The van der Waals surface area contributed by atoms with Gasteiger partial charge in [0.2, 0.25) is 5.95 Å². The van der Waals surface area contributed by atoms with E-state index in [1.165, 1.54) is 6.07 Å². The summed E-state index contributed by atoms with van der Waals surface area (Å²) in [5.74, 6) is -2.92. The zero-order valence-electron chi connectivity index (χ0n) is 14.0. The lowest BCUT2D eigenvalue weighted by Gasteiger charge is -2.07. The highest BCUT2D eigenvalue weighted by atomic mass is 19.2. The van der Waals surface area contributed by atoms with Gasteiger partial charge in [-0.25, -0.2) is 13.8 Å². The van der Waals surface area contributed by atoms with E-state index in [1.54, 1.807) is 0 Å². The molecule has 0 radical (unpaired) electrons. The number of fused-ring (bicyclic) bond motifs is 1. The Bertz CT molecular complexity index is 1000. The van der Waals surface area contributed by atoms with E-state index in [2.05, 4.69) is 20.4 Å². The van der Waals surface area contributed by atoms with E-state index in [4.69, 9.17) is 9.84 Å². The average molecular weight is 383 g/mol. The molecule has 144 valence electrons. The van der Waals surface area contributed by atoms with Crippen LogP contribution < -0.4 is 10.9 Å². The molecule has 0 fully saturated rings. The molecule has 0 atom stereocenters. The molecule has 0 aliphatic rings. The molecule has 0 spiro atoms. The molecule has 3 N–H and O–H groups in total. The quantitative estimate of drug-likeness (QED) is 0.504. The van der Waals surface area contributed by atoms with Gasteiger partial charge in [0, 0.05) is 6.54 Å². The molecule has 0 unspecified atom stereocenters. The second kappa shape index (κ2) is 8.18. The number of aromatic nitrogens is 4. The van der Waals surface area contributed by atoms with Crippen LogP contribution in [0.2, 0.25) is 0 Å². The Morgan fingerprint density at radius 3 is 2.78 bits per heavy atom. The minimum atomic E-state index is -0.998. The van der Waals surface area contributed by atoms with Crippen LogP contribution in [-0.2, 0) is 17.8 Å². The van der Waals surface area contributed by atoms with Crippen molar-refractivity contribution in [3.8, 4) is 0 Å². The predicted molar refractivity (Wildman–Crippen MR) is 89.7 cm³/mol. The molecule has 0 saturated carbocycles. The van der Waals surface area contributed by atoms with Crippen LogP contribution in [0.4, 0.5) is 19.1 Å². The van der Waals surface area contributed by atoms with Crippen molar-refractivity contribution in [3.05, 3.63) is 51.7 Å². The molecule has 27 heavy (non-hydrogen) atoms. The summed E-state index contributed by atoms with van der Waals surface area (Å²) in [6, 6.07) is 3.35. The Balaban J connectivity index is 1.78. The number of H-pyrrole nitrogens is 1. The van der Waals surface area contributed by atoms with Gasteiger partial charge in [-0.05, 0) is 17.7 Å². The summed E-state index contributed by atoms with van der Waals surface area (Å²) in [6.07, 6.45) is 0. The maximum atomic E-state index is 14.1. The Morgan fingerprint density at radius 2 is 2.04 bits per heavy atom. The molecule has 8 nitrogen and oxygen atoms in total. The topological polar surface area (TPSA) is 105 Å². The summed E-state index contributed by atoms with van der Waals surface area (Å²) < 4.78 is 46.4. The molecule has 0 aliphatic carbocycles. The largest absolute Gasteiger partial charge is 0.394 e. The van der Waals surface area contributed by atoms with Gasteiger partial charge in [0.25, 0.3) is 11.5 Å². The van der Waals surface area contributed by atoms with Crippen LogP contribution in [0.3, 0.4) is 0 Å². The summed E-state index contributed by atoms with van der Waals surface area (Å²) >= 11 is 0. The van der Waals surface area contributed by atoms with Crippen LogP contribution >= 0.6 is 0 Å². The van der Waals surface area contributed by atoms with E-state index in [9.17, 15) is 18.0 Å². The van der Waals surface area contributed by atoms with E-state index in [-0.39, 0.29) is 49.9 Å². The fourth-order valence-electron chi connectivity index (χ4n) is 2.45. The van der Waals surface area contributed by atoms with Gasteiger partial charge in [-0.1, -0.05) is 6.07 Å². The molecule has 0 bridgehead atoms. The SMILES string of the molecule is O=c1[nH]c(NCc2ccc(F)c(F)c2)nc2c(F)nn(CCOCCO)c12. The number of hydrogen-bond acceptors (Lipinski definition) is 6. The van der Waals surface area contributed by atoms with Crippen molar-refractivity contribution in [2.75, 3.05) is 25.1 Å². The Kier molecular flexibility index (Phi) is 5.72. The van der Waals surface area contributed by atoms with Crippen molar-refractivity contribution in [2.45, 2.75) is 13.1 Å². The average Bonchev–Trinajstić information content (AvgIpc) is 2.96. The van der Waals surface area contributed by atoms with Crippen molar-refractivity contribution in [2.24, 2.45) is 0 Å². The van der Waals surface area contributed by atoms with Gasteiger partial charge < -0.3 is 15.2 Å². The first kappa shape index (κ1) is 18.9. The number of anilines is 1. The standard InChI is InChI=1S/C16H16F3N5O3/c17-10-2-1-9(7-11(10)18)8-20-16-21-12-13(15(26)22-16)24(23-14(12)19)3-5-27-6-4-25/h1-2,7,25H,3-6,8H2,(H2,20,21,22,26). The first-order valence-corrected chi connectivity index (χ1v) is 8.02. The molecular formula is C16H16F3N5O3. The smallest absolute Gasteiger partial charge is 0.278 e. The van der Waals surface area contributed by atoms with Crippen LogP contribution in [-0.4, -0.2) is 44.7 Å². The molecule has 2 heterocycles. The van der Waals surface area contributed by atoms with Crippen LogP contribution in [0.5, 0.6) is 0 Å². The molecular weight excluding hydrogens is 367 g/mol. The van der Waals surface area contributed by atoms with Crippen molar-refractivity contribution in [1.82, 2.24) is 19.7 Å². The van der Waals surface area contributed by atoms with Crippen LogP contribution in [0.1, 0.15) is 5.56 Å². The monoisotopic (exact) mass is 383 g/mol. The second-order valence-corrected chi connectivity index (χ2v) is 5.56. The first-order valence-electron chi connectivity index (χ1n) is 8.02. The van der Waals surface area contributed by atoms with Crippen LogP contribution in [0, 0.1) is 17.6 Å². The minimum absolute atomic E-state index is 0.0350. The lowest BCUT2D eigenvalue weighted by molar-refractivity contribution is 0.0857. The highest BCUT2D eigenvalue weighted by Gasteiger charge is 2.16. The van der Waals surface area contributed by atoms with Gasteiger partial charge in [-0.2, -0.15) is 4.39 Å². The summed E-state index contributed by atoms with van der Waals surface area (Å²) in [7, 11) is 0. The summed E-state index contributed by atoms with van der Waals surface area (Å²) in [5.41, 5.74) is -0.493. The van der Waals surface area contributed by atoms with Gasteiger partial charge in [0.15, 0.2) is 22.7 Å². The number of benzene rings is 1. The maximum Gasteiger partial charge on any atom is 0.278 e. The number of rotatable bonds is 8. The molecule has 3 aromatic rings. The normalized spacial score (nSPS) is 11.3. The number of nitrogens with zero attached hydrogens (tertiary/aromatic N) is 3. The Hall–Kier alpha value is -2.92. The van der Waals surface area contributed by atoms with Gasteiger partial charge in [0.05, 0.1) is 26.4 Å².